The summed E-state index contributed by atoms with van der Waals surface area (Å²) in [6.07, 6.45) is 0.889. The second-order valence-electron chi connectivity index (χ2n) is 4.28. The highest BCUT2D eigenvalue weighted by atomic mass is 16.5. The molecule has 102 valence electrons. The molecule has 0 aromatic heterocycles. The van der Waals surface area contributed by atoms with Crippen LogP contribution in [-0.2, 0) is 15.9 Å². The van der Waals surface area contributed by atoms with E-state index in [0.29, 0.717) is 26.4 Å². The zero-order valence-electron chi connectivity index (χ0n) is 11.2. The van der Waals surface area contributed by atoms with Crippen molar-refractivity contribution in [3.05, 3.63) is 29.8 Å². The predicted molar refractivity (Wildman–Crippen MR) is 72.0 cm³/mol. The third-order valence-electron chi connectivity index (χ3n) is 2.41. The fourth-order valence-corrected chi connectivity index (χ4v) is 1.56. The molecule has 4 nitrogen and oxygen atoms in total. The molecule has 1 atom stereocenters. The lowest BCUT2D eigenvalue weighted by atomic mass is 10.1. The van der Waals surface area contributed by atoms with E-state index in [9.17, 15) is 0 Å². The summed E-state index contributed by atoms with van der Waals surface area (Å²) in [5.41, 5.74) is 6.97. The molecule has 4 heteroatoms. The van der Waals surface area contributed by atoms with Gasteiger partial charge in [0.1, 0.15) is 12.4 Å². The second kappa shape index (κ2) is 8.91. The zero-order chi connectivity index (χ0) is 13.2. The van der Waals surface area contributed by atoms with E-state index in [2.05, 4.69) is 0 Å². The average Bonchev–Trinajstić information content (AvgIpc) is 2.35. The summed E-state index contributed by atoms with van der Waals surface area (Å²) in [6.45, 7) is 4.35. The minimum atomic E-state index is 0.186. The highest BCUT2D eigenvalue weighted by molar-refractivity contribution is 5.27. The van der Waals surface area contributed by atoms with Gasteiger partial charge in [0, 0.05) is 13.2 Å². The van der Waals surface area contributed by atoms with Crippen molar-refractivity contribution in [3.8, 4) is 5.75 Å². The normalized spacial score (nSPS) is 12.4. The highest BCUT2D eigenvalue weighted by Gasteiger charge is 1.99. The van der Waals surface area contributed by atoms with E-state index in [0.717, 1.165) is 12.2 Å². The fourth-order valence-electron chi connectivity index (χ4n) is 1.56. The average molecular weight is 253 g/mol. The Hall–Kier alpha value is -1.10. The van der Waals surface area contributed by atoms with Crippen molar-refractivity contribution >= 4 is 0 Å². The molecule has 1 unspecified atom stereocenters. The monoisotopic (exact) mass is 253 g/mol. The molecule has 0 saturated heterocycles. The second-order valence-corrected chi connectivity index (χ2v) is 4.28. The SMILES string of the molecule is COCCOCCOc1ccc(CC(C)N)cc1. The maximum Gasteiger partial charge on any atom is 0.119 e. The van der Waals surface area contributed by atoms with Crippen LogP contribution >= 0.6 is 0 Å². The molecule has 0 spiro atoms. The fraction of sp³-hybridized carbons (Fsp3) is 0.571. The molecule has 0 aliphatic heterocycles. The molecule has 1 aromatic rings. The van der Waals surface area contributed by atoms with Crippen molar-refractivity contribution in [2.45, 2.75) is 19.4 Å². The lowest BCUT2D eigenvalue weighted by molar-refractivity contribution is 0.0544. The topological polar surface area (TPSA) is 53.7 Å². The van der Waals surface area contributed by atoms with Gasteiger partial charge in [-0.3, -0.25) is 0 Å². The molecule has 0 saturated carbocycles. The van der Waals surface area contributed by atoms with Crippen LogP contribution in [0.1, 0.15) is 12.5 Å². The van der Waals surface area contributed by atoms with Crippen LogP contribution in [0.15, 0.2) is 24.3 Å². The van der Waals surface area contributed by atoms with Crippen LogP contribution in [0.25, 0.3) is 0 Å². The molecule has 0 bridgehead atoms. The highest BCUT2D eigenvalue weighted by Crippen LogP contribution is 2.13. The van der Waals surface area contributed by atoms with E-state index in [4.69, 9.17) is 19.9 Å². The Labute approximate surface area is 109 Å². The van der Waals surface area contributed by atoms with Gasteiger partial charge >= 0.3 is 0 Å². The smallest absolute Gasteiger partial charge is 0.119 e. The molecule has 0 heterocycles. The van der Waals surface area contributed by atoms with E-state index in [1.54, 1.807) is 7.11 Å². The van der Waals surface area contributed by atoms with Gasteiger partial charge in [0.15, 0.2) is 0 Å². The first-order valence-electron chi connectivity index (χ1n) is 6.26. The number of benzene rings is 1. The molecular weight excluding hydrogens is 230 g/mol. The minimum absolute atomic E-state index is 0.186. The number of methoxy groups -OCH3 is 1. The van der Waals surface area contributed by atoms with Crippen LogP contribution in [0.4, 0.5) is 0 Å². The lowest BCUT2D eigenvalue weighted by Crippen LogP contribution is -2.17. The first kappa shape index (κ1) is 15.0. The molecule has 0 aliphatic carbocycles. The van der Waals surface area contributed by atoms with Gasteiger partial charge in [-0.2, -0.15) is 0 Å². The summed E-state index contributed by atoms with van der Waals surface area (Å²) in [7, 11) is 1.66. The summed E-state index contributed by atoms with van der Waals surface area (Å²) < 4.78 is 15.7. The summed E-state index contributed by atoms with van der Waals surface area (Å²) in [5, 5.41) is 0. The molecule has 1 aromatic carbocycles. The summed E-state index contributed by atoms with van der Waals surface area (Å²) in [5.74, 6) is 0.860. The van der Waals surface area contributed by atoms with Gasteiger partial charge in [0.05, 0.1) is 19.8 Å². The summed E-state index contributed by atoms with van der Waals surface area (Å²) in [6, 6.07) is 8.21. The number of hydrogen-bond donors (Lipinski definition) is 1. The number of hydrogen-bond acceptors (Lipinski definition) is 4. The van der Waals surface area contributed by atoms with Gasteiger partial charge in [0.2, 0.25) is 0 Å². The Morgan fingerprint density at radius 3 is 2.33 bits per heavy atom. The maximum atomic E-state index is 5.74. The first-order valence-corrected chi connectivity index (χ1v) is 6.26. The van der Waals surface area contributed by atoms with Crippen LogP contribution in [0, 0.1) is 0 Å². The Morgan fingerprint density at radius 1 is 1.06 bits per heavy atom. The molecule has 2 N–H and O–H groups in total. The standard InChI is InChI=1S/C14H23NO3/c1-12(15)11-13-3-5-14(6-4-13)18-10-9-17-8-7-16-2/h3-6,12H,7-11,15H2,1-2H3. The Kier molecular flexibility index (Phi) is 7.41. The van der Waals surface area contributed by atoms with Crippen molar-refractivity contribution in [2.75, 3.05) is 33.5 Å². The van der Waals surface area contributed by atoms with Gasteiger partial charge in [-0.25, -0.2) is 0 Å². The van der Waals surface area contributed by atoms with Crippen LogP contribution < -0.4 is 10.5 Å². The lowest BCUT2D eigenvalue weighted by Gasteiger charge is -2.09. The van der Waals surface area contributed by atoms with Crippen LogP contribution in [0.5, 0.6) is 5.75 Å². The number of nitrogens with two attached hydrogens (primary N) is 1. The van der Waals surface area contributed by atoms with E-state index >= 15 is 0 Å². The predicted octanol–water partition coefficient (Wildman–Crippen LogP) is 1.62. The largest absolute Gasteiger partial charge is 0.491 e. The van der Waals surface area contributed by atoms with Crippen molar-refractivity contribution in [1.29, 1.82) is 0 Å². The number of ether oxygens (including phenoxy) is 3. The molecular formula is C14H23NO3. The van der Waals surface area contributed by atoms with Gasteiger partial charge in [0.25, 0.3) is 0 Å². The molecule has 18 heavy (non-hydrogen) atoms. The molecule has 0 radical (unpaired) electrons. The van der Waals surface area contributed by atoms with Crippen molar-refractivity contribution in [1.82, 2.24) is 0 Å². The van der Waals surface area contributed by atoms with Crippen molar-refractivity contribution < 1.29 is 14.2 Å². The molecule has 0 amide bonds. The Morgan fingerprint density at radius 2 is 1.72 bits per heavy atom. The molecule has 0 fully saturated rings. The van der Waals surface area contributed by atoms with Crippen LogP contribution in [0.3, 0.4) is 0 Å². The molecule has 1 rings (SSSR count). The van der Waals surface area contributed by atoms with Gasteiger partial charge in [-0.05, 0) is 31.0 Å². The van der Waals surface area contributed by atoms with Crippen LogP contribution in [0.2, 0.25) is 0 Å². The zero-order valence-corrected chi connectivity index (χ0v) is 11.2. The summed E-state index contributed by atoms with van der Waals surface area (Å²) in [4.78, 5) is 0. The van der Waals surface area contributed by atoms with E-state index in [1.807, 2.05) is 31.2 Å². The third-order valence-corrected chi connectivity index (χ3v) is 2.41. The van der Waals surface area contributed by atoms with E-state index in [1.165, 1.54) is 5.56 Å². The van der Waals surface area contributed by atoms with Crippen LogP contribution in [-0.4, -0.2) is 39.6 Å². The van der Waals surface area contributed by atoms with Crippen molar-refractivity contribution in [3.63, 3.8) is 0 Å². The number of rotatable bonds is 9. The van der Waals surface area contributed by atoms with E-state index < -0.39 is 0 Å². The maximum absolute atomic E-state index is 5.74. The minimum Gasteiger partial charge on any atom is -0.491 e. The molecule has 0 aliphatic rings. The quantitative estimate of drug-likeness (QED) is 0.679. The van der Waals surface area contributed by atoms with Gasteiger partial charge in [-0.15, -0.1) is 0 Å². The van der Waals surface area contributed by atoms with Crippen molar-refractivity contribution in [2.24, 2.45) is 5.73 Å². The summed E-state index contributed by atoms with van der Waals surface area (Å²) >= 11 is 0. The van der Waals surface area contributed by atoms with Gasteiger partial charge < -0.3 is 19.9 Å². The third kappa shape index (κ3) is 6.59. The Balaban J connectivity index is 2.18. The Bertz CT molecular complexity index is 311. The first-order chi connectivity index (χ1) is 8.72. The van der Waals surface area contributed by atoms with E-state index in [-0.39, 0.29) is 6.04 Å². The van der Waals surface area contributed by atoms with Gasteiger partial charge in [-0.1, -0.05) is 12.1 Å².